The van der Waals surface area contributed by atoms with Gasteiger partial charge < -0.3 is 20.9 Å². The molecule has 1 aliphatic heterocycles. The summed E-state index contributed by atoms with van der Waals surface area (Å²) in [5, 5.41) is 34.2. The van der Waals surface area contributed by atoms with Crippen LogP contribution in [0.5, 0.6) is 0 Å². The number of benzene rings is 2. The molecule has 3 amide bonds. The molecule has 234 valence electrons. The third-order valence-corrected chi connectivity index (χ3v) is 9.79. The SMILES string of the molecule is CCCC(CC1(c2nnn[nH]2)c2ccc(C(=O)NC)cc2CCc2cc(C(=O)NC)ccc21)NCC(=O)N1C(C#N)C[C@@H]2C[C@@H]21. The minimum atomic E-state index is -0.882. The summed E-state index contributed by atoms with van der Waals surface area (Å²) in [6.45, 7) is 2.24. The normalized spacial score (nSPS) is 21.4. The Morgan fingerprint density at radius 2 is 1.69 bits per heavy atom. The number of hydrogen-bond donors (Lipinski definition) is 4. The van der Waals surface area contributed by atoms with Crippen molar-refractivity contribution in [1.82, 2.24) is 41.5 Å². The van der Waals surface area contributed by atoms with E-state index < -0.39 is 5.41 Å². The Balaban J connectivity index is 1.44. The molecule has 4 N–H and O–H groups in total. The van der Waals surface area contributed by atoms with Gasteiger partial charge in [-0.2, -0.15) is 5.26 Å². The van der Waals surface area contributed by atoms with Crippen molar-refractivity contribution in [3.05, 3.63) is 75.6 Å². The van der Waals surface area contributed by atoms with Gasteiger partial charge in [0.1, 0.15) is 6.04 Å². The molecule has 2 fully saturated rings. The van der Waals surface area contributed by atoms with Crippen LogP contribution in [0.3, 0.4) is 0 Å². The lowest BCUT2D eigenvalue weighted by atomic mass is 9.67. The number of likely N-dealkylation sites (tertiary alicyclic amines) is 1. The van der Waals surface area contributed by atoms with Crippen LogP contribution < -0.4 is 16.0 Å². The molecule has 0 spiro atoms. The number of aryl methyl sites for hydroxylation is 2. The highest BCUT2D eigenvalue weighted by Crippen LogP contribution is 2.48. The van der Waals surface area contributed by atoms with Crippen LogP contribution in [0.4, 0.5) is 0 Å². The van der Waals surface area contributed by atoms with Crippen LogP contribution in [-0.4, -0.2) is 82.0 Å². The first-order valence-electron chi connectivity index (χ1n) is 15.7. The van der Waals surface area contributed by atoms with Crippen molar-refractivity contribution in [1.29, 1.82) is 5.26 Å². The monoisotopic (exact) mass is 609 g/mol. The highest BCUT2D eigenvalue weighted by Gasteiger charge is 2.54. The van der Waals surface area contributed by atoms with Gasteiger partial charge in [-0.15, -0.1) is 5.10 Å². The summed E-state index contributed by atoms with van der Waals surface area (Å²) in [5.41, 5.74) is 4.16. The summed E-state index contributed by atoms with van der Waals surface area (Å²) in [6.07, 6.45) is 5.19. The number of fused-ring (bicyclic) bond motifs is 3. The molecule has 6 rings (SSSR count). The number of aromatic nitrogens is 4. The summed E-state index contributed by atoms with van der Waals surface area (Å²) >= 11 is 0. The number of carbonyl (C=O) groups excluding carboxylic acids is 3. The van der Waals surface area contributed by atoms with Gasteiger partial charge >= 0.3 is 0 Å². The summed E-state index contributed by atoms with van der Waals surface area (Å²) in [5.74, 6) is 0.605. The lowest BCUT2D eigenvalue weighted by Crippen LogP contribution is -2.47. The summed E-state index contributed by atoms with van der Waals surface area (Å²) < 4.78 is 0. The number of nitrogens with one attached hydrogen (secondary N) is 4. The average molecular weight is 610 g/mol. The smallest absolute Gasteiger partial charge is 0.251 e. The van der Waals surface area contributed by atoms with E-state index in [-0.39, 0.29) is 42.4 Å². The number of amides is 3. The topological polar surface area (TPSA) is 169 Å². The van der Waals surface area contributed by atoms with Crippen molar-refractivity contribution in [2.75, 3.05) is 20.6 Å². The number of nitrogens with zero attached hydrogens (tertiary/aromatic N) is 5. The predicted molar refractivity (Wildman–Crippen MR) is 165 cm³/mol. The van der Waals surface area contributed by atoms with E-state index >= 15 is 0 Å². The molecule has 1 saturated heterocycles. The van der Waals surface area contributed by atoms with Gasteiger partial charge in [0.25, 0.3) is 11.8 Å². The number of H-pyrrole nitrogens is 1. The van der Waals surface area contributed by atoms with E-state index in [9.17, 15) is 19.6 Å². The Morgan fingerprint density at radius 3 is 2.22 bits per heavy atom. The van der Waals surface area contributed by atoms with Gasteiger partial charge in [-0.05, 0) is 101 Å². The Bertz CT molecular complexity index is 1580. The van der Waals surface area contributed by atoms with E-state index in [2.05, 4.69) is 49.6 Å². The molecule has 2 heterocycles. The summed E-state index contributed by atoms with van der Waals surface area (Å²) in [7, 11) is 3.22. The maximum Gasteiger partial charge on any atom is 0.251 e. The zero-order valence-electron chi connectivity index (χ0n) is 25.9. The van der Waals surface area contributed by atoms with Crippen LogP contribution >= 0.6 is 0 Å². The lowest BCUT2D eigenvalue weighted by Gasteiger charge is -2.38. The molecule has 1 saturated carbocycles. The van der Waals surface area contributed by atoms with Crippen molar-refractivity contribution in [2.45, 2.75) is 75.4 Å². The van der Waals surface area contributed by atoms with Gasteiger partial charge in [-0.1, -0.05) is 25.5 Å². The van der Waals surface area contributed by atoms with Crippen molar-refractivity contribution < 1.29 is 14.4 Å². The molecule has 1 aromatic heterocycles. The Kier molecular flexibility index (Phi) is 8.38. The predicted octanol–water partition coefficient (Wildman–Crippen LogP) is 2.01. The first-order valence-corrected chi connectivity index (χ1v) is 15.7. The standard InChI is InChI=1S/C33H39N9O3/c1-4-5-24(37-18-29(43)42-25(17-34)14-23-15-28(23)42)16-33(32-38-40-41-39-32)26-10-8-21(30(44)35-2)12-19(26)6-7-20-13-22(31(45)36-3)9-11-27(20)33/h8-13,23-25,28,37H,4-7,14-16,18H2,1-3H3,(H,35,44)(H,36,45)(H,38,39,40,41)/t23-,24?,25?,28+/m1/s1. The second kappa shape index (κ2) is 12.4. The van der Waals surface area contributed by atoms with Gasteiger partial charge in [-0.3, -0.25) is 14.4 Å². The van der Waals surface area contributed by atoms with Crippen LogP contribution in [0, 0.1) is 17.2 Å². The number of nitriles is 1. The van der Waals surface area contributed by atoms with Crippen LogP contribution in [0.2, 0.25) is 0 Å². The van der Waals surface area contributed by atoms with E-state index in [1.807, 2.05) is 36.4 Å². The minimum absolute atomic E-state index is 0.0462. The molecule has 45 heavy (non-hydrogen) atoms. The van der Waals surface area contributed by atoms with Gasteiger partial charge in [-0.25, -0.2) is 5.10 Å². The number of tetrazole rings is 1. The zero-order chi connectivity index (χ0) is 31.7. The molecule has 3 aliphatic rings. The average Bonchev–Trinajstić information content (AvgIpc) is 3.44. The van der Waals surface area contributed by atoms with Crippen molar-refractivity contribution in [3.63, 3.8) is 0 Å². The van der Waals surface area contributed by atoms with E-state index in [4.69, 9.17) is 0 Å². The summed E-state index contributed by atoms with van der Waals surface area (Å²) in [6, 6.07) is 13.5. The van der Waals surface area contributed by atoms with Crippen molar-refractivity contribution in [3.8, 4) is 6.07 Å². The molecule has 0 bridgehead atoms. The number of rotatable bonds is 10. The van der Waals surface area contributed by atoms with Crippen molar-refractivity contribution in [2.24, 2.45) is 5.92 Å². The molecule has 12 heteroatoms. The Labute approximate surface area is 262 Å². The molecule has 4 atom stereocenters. The quantitative estimate of drug-likeness (QED) is 0.271. The first kappa shape index (κ1) is 30.4. The molecular formula is C33H39N9O3. The second-order valence-electron chi connectivity index (χ2n) is 12.4. The van der Waals surface area contributed by atoms with Gasteiger partial charge in [0.2, 0.25) is 5.91 Å². The minimum Gasteiger partial charge on any atom is -0.355 e. The molecule has 2 aliphatic carbocycles. The third-order valence-electron chi connectivity index (χ3n) is 9.79. The molecular weight excluding hydrogens is 570 g/mol. The number of piperidine rings is 1. The largest absolute Gasteiger partial charge is 0.355 e. The molecule has 0 radical (unpaired) electrons. The molecule has 12 nitrogen and oxygen atoms in total. The van der Waals surface area contributed by atoms with Gasteiger partial charge in [0.15, 0.2) is 5.82 Å². The van der Waals surface area contributed by atoms with Gasteiger partial charge in [0, 0.05) is 37.3 Å². The maximum absolute atomic E-state index is 13.5. The fourth-order valence-corrected chi connectivity index (χ4v) is 7.58. The molecule has 2 unspecified atom stereocenters. The third kappa shape index (κ3) is 5.46. The number of hydrogen-bond acceptors (Lipinski definition) is 8. The van der Waals surface area contributed by atoms with Crippen molar-refractivity contribution >= 4 is 17.7 Å². The highest BCUT2D eigenvalue weighted by atomic mass is 16.2. The lowest BCUT2D eigenvalue weighted by molar-refractivity contribution is -0.131. The summed E-state index contributed by atoms with van der Waals surface area (Å²) in [4.78, 5) is 40.6. The fourth-order valence-electron chi connectivity index (χ4n) is 7.58. The Morgan fingerprint density at radius 1 is 1.04 bits per heavy atom. The van der Waals surface area contributed by atoms with E-state index in [0.717, 1.165) is 47.9 Å². The first-order chi connectivity index (χ1) is 21.8. The van der Waals surface area contributed by atoms with Crippen LogP contribution in [0.15, 0.2) is 36.4 Å². The maximum atomic E-state index is 13.5. The zero-order valence-corrected chi connectivity index (χ0v) is 25.9. The highest BCUT2D eigenvalue weighted by molar-refractivity contribution is 5.95. The van der Waals surface area contributed by atoms with Crippen LogP contribution in [0.25, 0.3) is 0 Å². The van der Waals surface area contributed by atoms with E-state index in [1.54, 1.807) is 19.0 Å². The molecule has 3 aromatic rings. The Hall–Kier alpha value is -4.63. The number of aromatic amines is 1. The molecule has 2 aromatic carbocycles. The van der Waals surface area contributed by atoms with Gasteiger partial charge in [0.05, 0.1) is 18.0 Å². The van der Waals surface area contributed by atoms with Crippen LogP contribution in [-0.2, 0) is 23.1 Å². The number of carbonyl (C=O) groups is 3. The fraction of sp³-hybridized carbons (Fsp3) is 0.485. The second-order valence-corrected chi connectivity index (χ2v) is 12.4. The van der Waals surface area contributed by atoms with E-state index in [0.29, 0.717) is 42.1 Å². The van der Waals surface area contributed by atoms with Crippen LogP contribution in [0.1, 0.15) is 87.8 Å². The van der Waals surface area contributed by atoms with E-state index in [1.165, 1.54) is 0 Å².